The van der Waals surface area contributed by atoms with Crippen LogP contribution in [0.3, 0.4) is 0 Å². The Morgan fingerprint density at radius 2 is 1.72 bits per heavy atom. The summed E-state index contributed by atoms with van der Waals surface area (Å²) in [5.74, 6) is -0.342. The standard InChI is InChI=1S/C21H22ClN3O4/c22-19-12-17(29-25-19)13-23-20(26)18(11-15-7-3-1-4-8-15)24-21(27)28-14-16-9-5-2-6-10-16/h1-10,12,17-18,25H,11,13-14H2,(H,23,26)(H,24,27)/t17?,18-/m0/s1. The first-order chi connectivity index (χ1) is 14.1. The number of amides is 2. The molecule has 0 saturated heterocycles. The number of rotatable bonds is 8. The Hall–Kier alpha value is -3.03. The number of carbonyl (C=O) groups excluding carboxylic acids is 2. The molecule has 2 atom stereocenters. The van der Waals surface area contributed by atoms with Crippen LogP contribution in [0.4, 0.5) is 4.79 Å². The van der Waals surface area contributed by atoms with Crippen molar-refractivity contribution in [1.29, 1.82) is 0 Å². The number of ether oxygens (including phenoxy) is 1. The summed E-state index contributed by atoms with van der Waals surface area (Å²) >= 11 is 5.79. The van der Waals surface area contributed by atoms with Crippen LogP contribution in [0.25, 0.3) is 0 Å². The molecule has 3 N–H and O–H groups in total. The Balaban J connectivity index is 1.57. The van der Waals surface area contributed by atoms with Crippen molar-refractivity contribution in [2.24, 2.45) is 0 Å². The van der Waals surface area contributed by atoms with Crippen LogP contribution < -0.4 is 16.1 Å². The van der Waals surface area contributed by atoms with Crippen molar-refractivity contribution in [3.8, 4) is 0 Å². The van der Waals surface area contributed by atoms with E-state index in [1.165, 1.54) is 0 Å². The third kappa shape index (κ3) is 6.81. The van der Waals surface area contributed by atoms with Gasteiger partial charge in [-0.05, 0) is 17.2 Å². The highest BCUT2D eigenvalue weighted by molar-refractivity contribution is 6.29. The van der Waals surface area contributed by atoms with Crippen LogP contribution in [0, 0.1) is 0 Å². The molecule has 0 radical (unpaired) electrons. The normalized spacial score (nSPS) is 16.3. The quantitative estimate of drug-likeness (QED) is 0.577. The van der Waals surface area contributed by atoms with Gasteiger partial charge >= 0.3 is 6.09 Å². The van der Waals surface area contributed by atoms with Crippen LogP contribution in [-0.4, -0.2) is 30.7 Å². The molecule has 2 amide bonds. The highest BCUT2D eigenvalue weighted by atomic mass is 35.5. The second kappa shape index (κ2) is 10.5. The second-order valence-corrected chi connectivity index (χ2v) is 6.87. The average Bonchev–Trinajstić information content (AvgIpc) is 3.17. The van der Waals surface area contributed by atoms with E-state index in [9.17, 15) is 9.59 Å². The lowest BCUT2D eigenvalue weighted by Crippen LogP contribution is -2.49. The van der Waals surface area contributed by atoms with E-state index in [1.807, 2.05) is 60.7 Å². The van der Waals surface area contributed by atoms with Gasteiger partial charge in [0.15, 0.2) is 0 Å². The summed E-state index contributed by atoms with van der Waals surface area (Å²) in [6.07, 6.45) is 0.934. The summed E-state index contributed by atoms with van der Waals surface area (Å²) in [7, 11) is 0. The smallest absolute Gasteiger partial charge is 0.408 e. The van der Waals surface area contributed by atoms with Crippen LogP contribution in [0.5, 0.6) is 0 Å². The van der Waals surface area contributed by atoms with E-state index < -0.39 is 12.1 Å². The van der Waals surface area contributed by atoms with Gasteiger partial charge < -0.3 is 15.4 Å². The summed E-state index contributed by atoms with van der Waals surface area (Å²) in [6, 6.07) is 18.0. The Labute approximate surface area is 174 Å². The molecule has 0 bridgehead atoms. The highest BCUT2D eigenvalue weighted by Crippen LogP contribution is 2.09. The predicted octanol–water partition coefficient (Wildman–Crippen LogP) is 2.62. The summed E-state index contributed by atoms with van der Waals surface area (Å²) < 4.78 is 5.25. The Bertz CT molecular complexity index is 846. The molecule has 1 heterocycles. The Kier molecular flexibility index (Phi) is 7.49. The number of nitrogens with one attached hydrogen (secondary N) is 3. The maximum absolute atomic E-state index is 12.7. The van der Waals surface area contributed by atoms with Crippen molar-refractivity contribution in [3.05, 3.63) is 83.0 Å². The number of alkyl carbamates (subject to hydrolysis) is 1. The van der Waals surface area contributed by atoms with Crippen molar-refractivity contribution in [2.75, 3.05) is 6.54 Å². The van der Waals surface area contributed by atoms with Gasteiger partial charge in [-0.2, -0.15) is 0 Å². The first kappa shape index (κ1) is 20.7. The van der Waals surface area contributed by atoms with Gasteiger partial charge in [0.05, 0.1) is 6.54 Å². The average molecular weight is 416 g/mol. The number of hydrogen-bond donors (Lipinski definition) is 3. The lowest BCUT2D eigenvalue weighted by atomic mass is 10.1. The first-order valence-electron chi connectivity index (χ1n) is 9.18. The third-order valence-electron chi connectivity index (χ3n) is 4.22. The maximum atomic E-state index is 12.7. The minimum Gasteiger partial charge on any atom is -0.445 e. The van der Waals surface area contributed by atoms with Crippen LogP contribution in [-0.2, 0) is 27.4 Å². The lowest BCUT2D eigenvalue weighted by Gasteiger charge is -2.19. The molecule has 1 unspecified atom stereocenters. The Morgan fingerprint density at radius 3 is 2.34 bits per heavy atom. The number of hydroxylamine groups is 1. The van der Waals surface area contributed by atoms with E-state index in [2.05, 4.69) is 16.1 Å². The fourth-order valence-electron chi connectivity index (χ4n) is 2.75. The van der Waals surface area contributed by atoms with Gasteiger partial charge in [0.25, 0.3) is 0 Å². The van der Waals surface area contributed by atoms with Crippen molar-refractivity contribution >= 4 is 23.6 Å². The highest BCUT2D eigenvalue weighted by Gasteiger charge is 2.24. The van der Waals surface area contributed by atoms with Crippen LogP contribution in [0.2, 0.25) is 0 Å². The monoisotopic (exact) mass is 415 g/mol. The third-order valence-corrected chi connectivity index (χ3v) is 4.42. The molecule has 29 heavy (non-hydrogen) atoms. The SMILES string of the molecule is O=C(N[C@@H](Cc1ccccc1)C(=O)NCC1C=C(Cl)NO1)OCc1ccccc1. The van der Waals surface area contributed by atoms with Crippen molar-refractivity contribution in [1.82, 2.24) is 16.1 Å². The molecule has 0 aliphatic carbocycles. The molecule has 0 spiro atoms. The van der Waals surface area contributed by atoms with Crippen molar-refractivity contribution < 1.29 is 19.2 Å². The minimum atomic E-state index is -0.797. The molecule has 0 aromatic heterocycles. The molecule has 3 rings (SSSR count). The first-order valence-corrected chi connectivity index (χ1v) is 9.56. The molecular weight excluding hydrogens is 394 g/mol. The molecule has 2 aromatic carbocycles. The molecule has 1 aliphatic heterocycles. The van der Waals surface area contributed by atoms with Gasteiger partial charge in [-0.15, -0.1) is 0 Å². The Morgan fingerprint density at radius 1 is 1.07 bits per heavy atom. The lowest BCUT2D eigenvalue weighted by molar-refractivity contribution is -0.123. The van der Waals surface area contributed by atoms with Gasteiger partial charge in [-0.1, -0.05) is 72.3 Å². The van der Waals surface area contributed by atoms with E-state index in [4.69, 9.17) is 21.2 Å². The van der Waals surface area contributed by atoms with Crippen LogP contribution >= 0.6 is 11.6 Å². The minimum absolute atomic E-state index is 0.122. The molecule has 2 aromatic rings. The van der Waals surface area contributed by atoms with Gasteiger partial charge in [0.2, 0.25) is 5.91 Å². The number of carbonyl (C=O) groups is 2. The van der Waals surface area contributed by atoms with Gasteiger partial charge in [0, 0.05) is 6.42 Å². The van der Waals surface area contributed by atoms with Crippen LogP contribution in [0.1, 0.15) is 11.1 Å². The van der Waals surface area contributed by atoms with Crippen molar-refractivity contribution in [2.45, 2.75) is 25.2 Å². The van der Waals surface area contributed by atoms with E-state index >= 15 is 0 Å². The predicted molar refractivity (Wildman–Crippen MR) is 109 cm³/mol. The number of halogens is 1. The molecular formula is C21H22ClN3O4. The summed E-state index contributed by atoms with van der Waals surface area (Å²) in [5, 5.41) is 5.78. The zero-order valence-corrected chi connectivity index (χ0v) is 16.4. The zero-order chi connectivity index (χ0) is 20.5. The molecule has 1 aliphatic rings. The van der Waals surface area contributed by atoms with E-state index in [1.54, 1.807) is 6.08 Å². The fraction of sp³-hybridized carbons (Fsp3) is 0.238. The van der Waals surface area contributed by atoms with E-state index in [0.717, 1.165) is 11.1 Å². The van der Waals surface area contributed by atoms with Gasteiger partial charge in [-0.3, -0.25) is 15.1 Å². The van der Waals surface area contributed by atoms with Crippen molar-refractivity contribution in [3.63, 3.8) is 0 Å². The molecule has 0 saturated carbocycles. The van der Waals surface area contributed by atoms with Gasteiger partial charge in [-0.25, -0.2) is 4.79 Å². The summed E-state index contributed by atoms with van der Waals surface area (Å²) in [6.45, 7) is 0.339. The number of hydrogen-bond acceptors (Lipinski definition) is 5. The van der Waals surface area contributed by atoms with E-state index in [-0.39, 0.29) is 25.2 Å². The van der Waals surface area contributed by atoms with Crippen LogP contribution in [0.15, 0.2) is 71.9 Å². The second-order valence-electron chi connectivity index (χ2n) is 6.47. The van der Waals surface area contributed by atoms with E-state index in [0.29, 0.717) is 11.6 Å². The zero-order valence-electron chi connectivity index (χ0n) is 15.6. The fourth-order valence-corrected chi connectivity index (χ4v) is 2.94. The molecule has 8 heteroatoms. The summed E-state index contributed by atoms with van der Waals surface area (Å²) in [4.78, 5) is 30.1. The molecule has 7 nitrogen and oxygen atoms in total. The molecule has 152 valence electrons. The molecule has 0 fully saturated rings. The number of benzene rings is 2. The summed E-state index contributed by atoms with van der Waals surface area (Å²) in [5.41, 5.74) is 4.29. The maximum Gasteiger partial charge on any atom is 0.408 e. The largest absolute Gasteiger partial charge is 0.445 e. The van der Waals surface area contributed by atoms with Gasteiger partial charge in [0.1, 0.15) is 23.9 Å². The topological polar surface area (TPSA) is 88.7 Å².